The molecule has 2 aliphatic rings. The Labute approximate surface area is 114 Å². The fraction of sp³-hybridized carbons (Fsp3) is 0.263. The molecule has 0 spiro atoms. The van der Waals surface area contributed by atoms with Gasteiger partial charge in [-0.2, -0.15) is 0 Å². The lowest BCUT2D eigenvalue weighted by molar-refractivity contribution is 0.831. The summed E-state index contributed by atoms with van der Waals surface area (Å²) in [6.45, 7) is 2.17. The highest BCUT2D eigenvalue weighted by atomic mass is 14.2. The number of fused-ring (bicyclic) bond motifs is 4. The van der Waals surface area contributed by atoms with E-state index in [1.54, 1.807) is 11.1 Å². The van der Waals surface area contributed by atoms with Crippen molar-refractivity contribution in [1.29, 1.82) is 0 Å². The summed E-state index contributed by atoms with van der Waals surface area (Å²) in [5, 5.41) is 2.84. The van der Waals surface area contributed by atoms with Crippen LogP contribution in [0.3, 0.4) is 0 Å². The highest BCUT2D eigenvalue weighted by Gasteiger charge is 2.20. The molecule has 0 heterocycles. The third-order valence-electron chi connectivity index (χ3n) is 4.53. The van der Waals surface area contributed by atoms with Gasteiger partial charge in [0.1, 0.15) is 0 Å². The van der Waals surface area contributed by atoms with Crippen LogP contribution >= 0.6 is 0 Å². The predicted octanol–water partition coefficient (Wildman–Crippen LogP) is 5.20. The van der Waals surface area contributed by atoms with Crippen molar-refractivity contribution in [2.24, 2.45) is 0 Å². The van der Waals surface area contributed by atoms with E-state index in [4.69, 9.17) is 0 Å². The Hall–Kier alpha value is -1.82. The molecule has 0 amide bonds. The first-order chi connectivity index (χ1) is 9.33. The molecule has 0 nitrogen and oxygen atoms in total. The van der Waals surface area contributed by atoms with Crippen molar-refractivity contribution in [3.63, 3.8) is 0 Å². The summed E-state index contributed by atoms with van der Waals surface area (Å²) in [6, 6.07) is 11.5. The Kier molecular flexibility index (Phi) is 2.38. The lowest BCUT2D eigenvalue weighted by Gasteiger charge is -2.25. The number of aryl methyl sites for hydroxylation is 2. The van der Waals surface area contributed by atoms with Gasteiger partial charge in [0.15, 0.2) is 0 Å². The van der Waals surface area contributed by atoms with Crippen LogP contribution in [0.25, 0.3) is 16.3 Å². The summed E-state index contributed by atoms with van der Waals surface area (Å²) in [6.07, 6.45) is 9.62. The third-order valence-corrected chi connectivity index (χ3v) is 4.53. The van der Waals surface area contributed by atoms with Gasteiger partial charge in [-0.25, -0.2) is 0 Å². The molecule has 0 aliphatic heterocycles. The summed E-state index contributed by atoms with van der Waals surface area (Å²) in [4.78, 5) is 0. The van der Waals surface area contributed by atoms with Gasteiger partial charge >= 0.3 is 0 Å². The Morgan fingerprint density at radius 3 is 2.84 bits per heavy atom. The number of allylic oxidation sites excluding steroid dienone is 4. The van der Waals surface area contributed by atoms with Gasteiger partial charge in [-0.05, 0) is 60.1 Å². The SMILES string of the molecule is Cc1ccc2c3c(ccc2c1)C1=C(CCC=C1)CC3. The second-order valence-electron chi connectivity index (χ2n) is 5.77. The van der Waals surface area contributed by atoms with E-state index in [-0.39, 0.29) is 0 Å². The summed E-state index contributed by atoms with van der Waals surface area (Å²) in [7, 11) is 0. The first kappa shape index (κ1) is 11.0. The highest BCUT2D eigenvalue weighted by Crippen LogP contribution is 2.39. The Morgan fingerprint density at radius 1 is 0.947 bits per heavy atom. The molecule has 0 bridgehead atoms. The number of hydrogen-bond donors (Lipinski definition) is 0. The molecule has 0 saturated carbocycles. The Bertz CT molecular complexity index is 729. The molecule has 0 heteroatoms. The van der Waals surface area contributed by atoms with Crippen molar-refractivity contribution >= 4 is 16.3 Å². The van der Waals surface area contributed by atoms with E-state index in [2.05, 4.69) is 49.4 Å². The predicted molar refractivity (Wildman–Crippen MR) is 82.3 cm³/mol. The summed E-state index contributed by atoms with van der Waals surface area (Å²) >= 11 is 0. The fourth-order valence-corrected chi connectivity index (χ4v) is 3.56. The minimum absolute atomic E-state index is 1.21. The van der Waals surface area contributed by atoms with E-state index in [0.29, 0.717) is 0 Å². The smallest absolute Gasteiger partial charge is 0.0145 e. The Balaban J connectivity index is 2.00. The summed E-state index contributed by atoms with van der Waals surface area (Å²) in [5.74, 6) is 0. The number of benzene rings is 2. The molecule has 0 aromatic heterocycles. The van der Waals surface area contributed by atoms with Crippen molar-refractivity contribution in [3.8, 4) is 0 Å². The molecule has 94 valence electrons. The van der Waals surface area contributed by atoms with Gasteiger partial charge in [0.05, 0.1) is 0 Å². The zero-order valence-electron chi connectivity index (χ0n) is 11.4. The topological polar surface area (TPSA) is 0 Å². The first-order valence-electron chi connectivity index (χ1n) is 7.24. The fourth-order valence-electron chi connectivity index (χ4n) is 3.56. The van der Waals surface area contributed by atoms with Crippen LogP contribution in [-0.4, -0.2) is 0 Å². The maximum Gasteiger partial charge on any atom is -0.0145 e. The van der Waals surface area contributed by atoms with Crippen LogP contribution in [-0.2, 0) is 6.42 Å². The average molecular weight is 246 g/mol. The largest absolute Gasteiger partial charge is 0.0836 e. The van der Waals surface area contributed by atoms with Gasteiger partial charge in [0.2, 0.25) is 0 Å². The van der Waals surface area contributed by atoms with Crippen LogP contribution in [0.15, 0.2) is 48.1 Å². The van der Waals surface area contributed by atoms with Crippen molar-refractivity contribution in [1.82, 2.24) is 0 Å². The van der Waals surface area contributed by atoms with Gasteiger partial charge in [-0.3, -0.25) is 0 Å². The van der Waals surface area contributed by atoms with Crippen molar-refractivity contribution in [3.05, 3.63) is 64.7 Å². The molecule has 0 atom stereocenters. The Morgan fingerprint density at radius 2 is 1.89 bits per heavy atom. The molecule has 0 unspecified atom stereocenters. The van der Waals surface area contributed by atoms with E-state index in [9.17, 15) is 0 Å². The van der Waals surface area contributed by atoms with Crippen LogP contribution in [0, 0.1) is 6.92 Å². The zero-order valence-corrected chi connectivity index (χ0v) is 11.4. The monoisotopic (exact) mass is 246 g/mol. The molecule has 2 aliphatic carbocycles. The molecule has 0 N–H and O–H groups in total. The van der Waals surface area contributed by atoms with Gasteiger partial charge in [-0.1, -0.05) is 53.6 Å². The van der Waals surface area contributed by atoms with Gasteiger partial charge in [0.25, 0.3) is 0 Å². The van der Waals surface area contributed by atoms with Crippen molar-refractivity contribution < 1.29 is 0 Å². The minimum atomic E-state index is 1.21. The molecule has 0 radical (unpaired) electrons. The summed E-state index contributed by atoms with van der Waals surface area (Å²) in [5.41, 5.74) is 7.56. The molecule has 2 aromatic rings. The zero-order chi connectivity index (χ0) is 12.8. The second kappa shape index (κ2) is 4.09. The number of hydrogen-bond acceptors (Lipinski definition) is 0. The van der Waals surface area contributed by atoms with Gasteiger partial charge in [0, 0.05) is 0 Å². The second-order valence-corrected chi connectivity index (χ2v) is 5.77. The molecular formula is C19H18. The van der Waals surface area contributed by atoms with Crippen LogP contribution in [0.2, 0.25) is 0 Å². The lowest BCUT2D eigenvalue weighted by Crippen LogP contribution is -2.07. The first-order valence-corrected chi connectivity index (χ1v) is 7.24. The van der Waals surface area contributed by atoms with Gasteiger partial charge in [-0.15, -0.1) is 0 Å². The maximum absolute atomic E-state index is 2.34. The lowest BCUT2D eigenvalue weighted by atomic mass is 9.79. The van der Waals surface area contributed by atoms with Crippen LogP contribution in [0.5, 0.6) is 0 Å². The van der Waals surface area contributed by atoms with Crippen LogP contribution in [0.1, 0.15) is 36.0 Å². The van der Waals surface area contributed by atoms with Crippen molar-refractivity contribution in [2.45, 2.75) is 32.6 Å². The quantitative estimate of drug-likeness (QED) is 0.599. The standard InChI is InChI=1S/C19H18/c1-13-6-9-17-15(12-13)8-11-18-16-5-3-2-4-14(16)7-10-19(17)18/h3,5-6,8-9,11-12H,2,4,7,10H2,1H3. The van der Waals surface area contributed by atoms with E-state index in [1.807, 2.05) is 0 Å². The van der Waals surface area contributed by atoms with E-state index in [0.717, 1.165) is 0 Å². The normalized spacial score (nSPS) is 17.5. The van der Waals surface area contributed by atoms with Crippen LogP contribution < -0.4 is 0 Å². The van der Waals surface area contributed by atoms with E-state index < -0.39 is 0 Å². The van der Waals surface area contributed by atoms with Crippen molar-refractivity contribution in [2.75, 3.05) is 0 Å². The highest BCUT2D eigenvalue weighted by molar-refractivity contribution is 5.94. The molecular weight excluding hydrogens is 228 g/mol. The third kappa shape index (κ3) is 1.67. The molecule has 0 fully saturated rings. The number of rotatable bonds is 0. The maximum atomic E-state index is 2.34. The van der Waals surface area contributed by atoms with E-state index in [1.165, 1.54) is 53.2 Å². The molecule has 19 heavy (non-hydrogen) atoms. The molecule has 4 rings (SSSR count). The molecule has 2 aromatic carbocycles. The average Bonchev–Trinajstić information content (AvgIpc) is 2.46. The minimum Gasteiger partial charge on any atom is -0.0836 e. The van der Waals surface area contributed by atoms with Crippen LogP contribution in [0.4, 0.5) is 0 Å². The van der Waals surface area contributed by atoms with E-state index >= 15 is 0 Å². The summed E-state index contributed by atoms with van der Waals surface area (Å²) < 4.78 is 0. The molecule has 0 saturated heterocycles. The van der Waals surface area contributed by atoms with Gasteiger partial charge < -0.3 is 0 Å².